The van der Waals surface area contributed by atoms with E-state index in [1.54, 1.807) is 12.3 Å². The zero-order valence-corrected chi connectivity index (χ0v) is 22.0. The summed E-state index contributed by atoms with van der Waals surface area (Å²) in [5, 5.41) is 0. The molecule has 3 aromatic rings. The number of ether oxygens (including phenoxy) is 4. The lowest BCUT2D eigenvalue weighted by atomic mass is 10.00. The van der Waals surface area contributed by atoms with Crippen LogP contribution < -0.4 is 14.2 Å². The van der Waals surface area contributed by atoms with Crippen molar-refractivity contribution in [3.05, 3.63) is 42.2 Å². The van der Waals surface area contributed by atoms with Gasteiger partial charge in [0.2, 0.25) is 0 Å². The number of nitrogens with zero attached hydrogens (tertiary/aromatic N) is 3. The van der Waals surface area contributed by atoms with Crippen LogP contribution in [0.15, 0.2) is 36.7 Å². The number of likely N-dealkylation sites (tertiary alicyclic amines) is 1. The summed E-state index contributed by atoms with van der Waals surface area (Å²) in [5.41, 5.74) is 1.91. The maximum Gasteiger partial charge on any atom is 0.387 e. The van der Waals surface area contributed by atoms with E-state index in [0.29, 0.717) is 47.9 Å². The normalized spacial score (nSPS) is 19.9. The molecule has 1 unspecified atom stereocenters. The van der Waals surface area contributed by atoms with Gasteiger partial charge in [0, 0.05) is 30.3 Å². The van der Waals surface area contributed by atoms with Gasteiger partial charge in [-0.25, -0.2) is 4.98 Å². The summed E-state index contributed by atoms with van der Waals surface area (Å²) in [6.45, 7) is 0.332. The summed E-state index contributed by atoms with van der Waals surface area (Å²) < 4.78 is 50.2. The molecule has 0 radical (unpaired) electrons. The first kappa shape index (κ1) is 26.0. The van der Waals surface area contributed by atoms with Gasteiger partial charge in [-0.05, 0) is 62.8 Å². The van der Waals surface area contributed by atoms with E-state index in [0.717, 1.165) is 44.8 Å². The van der Waals surface area contributed by atoms with Crippen molar-refractivity contribution in [3.8, 4) is 28.5 Å². The average Bonchev–Trinajstić information content (AvgIpc) is 3.41. The first-order valence-electron chi connectivity index (χ1n) is 13.6. The van der Waals surface area contributed by atoms with Crippen LogP contribution in [0.3, 0.4) is 0 Å². The third-order valence-corrected chi connectivity index (χ3v) is 7.96. The summed E-state index contributed by atoms with van der Waals surface area (Å²) in [7, 11) is 1.42. The maximum absolute atomic E-state index is 13.3. The molecule has 1 atom stereocenters. The molecule has 2 aromatic heterocycles. The highest BCUT2D eigenvalue weighted by molar-refractivity contribution is 6.02. The van der Waals surface area contributed by atoms with E-state index in [4.69, 9.17) is 18.9 Å². The summed E-state index contributed by atoms with van der Waals surface area (Å²) in [5.74, 6) is 0.785. The number of Topliss-reactive ketones (excluding diaryl/α,β-unsaturated/α-hetero) is 1. The molecular weight excluding hydrogens is 508 g/mol. The van der Waals surface area contributed by atoms with Crippen LogP contribution in [0.1, 0.15) is 48.9 Å². The molecule has 3 aliphatic rings. The number of hydrogen-bond donors (Lipinski definition) is 0. The molecule has 1 aliphatic carbocycles. The Morgan fingerprint density at radius 1 is 1.18 bits per heavy atom. The molecule has 208 valence electrons. The van der Waals surface area contributed by atoms with Crippen molar-refractivity contribution in [1.82, 2.24) is 14.3 Å². The van der Waals surface area contributed by atoms with Crippen LogP contribution in [0.4, 0.5) is 8.78 Å². The fourth-order valence-corrected chi connectivity index (χ4v) is 5.69. The number of carbonyl (C=O) groups excluding carboxylic acids is 1. The van der Waals surface area contributed by atoms with E-state index in [2.05, 4.69) is 9.88 Å². The second-order valence-electron chi connectivity index (χ2n) is 10.6. The van der Waals surface area contributed by atoms with Gasteiger partial charge in [0.25, 0.3) is 0 Å². The van der Waals surface area contributed by atoms with E-state index in [1.165, 1.54) is 26.0 Å². The van der Waals surface area contributed by atoms with Crippen LogP contribution in [0.25, 0.3) is 16.9 Å². The molecule has 6 rings (SSSR count). The Morgan fingerprint density at radius 2 is 2.00 bits per heavy atom. The Balaban J connectivity index is 1.20. The fourth-order valence-electron chi connectivity index (χ4n) is 5.69. The van der Waals surface area contributed by atoms with Gasteiger partial charge in [-0.2, -0.15) is 8.78 Å². The largest absolute Gasteiger partial charge is 0.496 e. The lowest BCUT2D eigenvalue weighted by Crippen LogP contribution is -2.51. The minimum absolute atomic E-state index is 0.0589. The number of pyridine rings is 1. The van der Waals surface area contributed by atoms with Gasteiger partial charge >= 0.3 is 6.61 Å². The van der Waals surface area contributed by atoms with Crippen molar-refractivity contribution in [1.29, 1.82) is 0 Å². The van der Waals surface area contributed by atoms with E-state index in [-0.39, 0.29) is 22.8 Å². The molecule has 39 heavy (non-hydrogen) atoms. The number of imidazole rings is 1. The van der Waals surface area contributed by atoms with Crippen LogP contribution >= 0.6 is 0 Å². The number of aromatic nitrogens is 2. The van der Waals surface area contributed by atoms with Gasteiger partial charge in [-0.3, -0.25) is 14.1 Å². The third-order valence-electron chi connectivity index (χ3n) is 7.96. The van der Waals surface area contributed by atoms with Crippen LogP contribution in [-0.4, -0.2) is 72.2 Å². The van der Waals surface area contributed by atoms with Gasteiger partial charge in [0.1, 0.15) is 28.5 Å². The molecule has 2 saturated heterocycles. The first-order chi connectivity index (χ1) is 19.0. The quantitative estimate of drug-likeness (QED) is 0.291. The highest BCUT2D eigenvalue weighted by Gasteiger charge is 2.34. The topological polar surface area (TPSA) is 74.5 Å². The maximum atomic E-state index is 13.3. The number of ketones is 1. The summed E-state index contributed by atoms with van der Waals surface area (Å²) in [6.07, 6.45) is 9.10. The molecule has 0 bridgehead atoms. The molecular formula is C29H33F2N3O5. The van der Waals surface area contributed by atoms with Crippen molar-refractivity contribution in [3.63, 3.8) is 0 Å². The predicted octanol–water partition coefficient (Wildman–Crippen LogP) is 5.23. The van der Waals surface area contributed by atoms with E-state index >= 15 is 0 Å². The van der Waals surface area contributed by atoms with Crippen molar-refractivity contribution in [2.75, 3.05) is 33.5 Å². The smallest absolute Gasteiger partial charge is 0.387 e. The van der Waals surface area contributed by atoms with Gasteiger partial charge in [0.05, 0.1) is 44.9 Å². The molecule has 10 heteroatoms. The van der Waals surface area contributed by atoms with Gasteiger partial charge < -0.3 is 18.9 Å². The lowest BCUT2D eigenvalue weighted by molar-refractivity contribution is -0.0708. The molecule has 0 spiro atoms. The first-order valence-corrected chi connectivity index (χ1v) is 13.6. The van der Waals surface area contributed by atoms with E-state index in [9.17, 15) is 13.6 Å². The van der Waals surface area contributed by atoms with Crippen LogP contribution in [0, 0.1) is 5.92 Å². The molecule has 4 heterocycles. The summed E-state index contributed by atoms with van der Waals surface area (Å²) in [6, 6.07) is 7.94. The highest BCUT2D eigenvalue weighted by atomic mass is 19.3. The second-order valence-corrected chi connectivity index (χ2v) is 10.6. The number of carbonyl (C=O) groups is 1. The van der Waals surface area contributed by atoms with Crippen LogP contribution in [0.5, 0.6) is 17.2 Å². The Labute approximate surface area is 225 Å². The number of hydrogen-bond acceptors (Lipinski definition) is 7. The van der Waals surface area contributed by atoms with Crippen molar-refractivity contribution >= 4 is 11.4 Å². The zero-order valence-electron chi connectivity index (χ0n) is 22.0. The molecule has 2 aliphatic heterocycles. The minimum atomic E-state index is -3.07. The van der Waals surface area contributed by atoms with E-state index < -0.39 is 6.61 Å². The Bertz CT molecular complexity index is 1340. The summed E-state index contributed by atoms with van der Waals surface area (Å²) >= 11 is 0. The Morgan fingerprint density at radius 3 is 2.72 bits per heavy atom. The third kappa shape index (κ3) is 5.58. The van der Waals surface area contributed by atoms with Crippen molar-refractivity contribution in [2.24, 2.45) is 5.92 Å². The van der Waals surface area contributed by atoms with Crippen LogP contribution in [0.2, 0.25) is 0 Å². The SMILES string of the molecule is COc1cc(-c2cnc3cc(OCCC4CCCN4C4COC4)ccn23)cc(OC(F)F)c1C(=O)CC1CC1. The van der Waals surface area contributed by atoms with E-state index in [1.807, 2.05) is 22.7 Å². The van der Waals surface area contributed by atoms with Gasteiger partial charge in [-0.1, -0.05) is 0 Å². The van der Waals surface area contributed by atoms with Gasteiger partial charge in [0.15, 0.2) is 5.78 Å². The number of benzene rings is 1. The number of alkyl halides is 2. The average molecular weight is 542 g/mol. The monoisotopic (exact) mass is 541 g/mol. The zero-order chi connectivity index (χ0) is 26.9. The molecule has 1 aromatic carbocycles. The molecule has 0 N–H and O–H groups in total. The molecule has 0 amide bonds. The Hall–Kier alpha value is -3.24. The lowest BCUT2D eigenvalue weighted by Gasteiger charge is -2.38. The minimum Gasteiger partial charge on any atom is -0.496 e. The molecule has 1 saturated carbocycles. The Kier molecular flexibility index (Phi) is 7.40. The number of methoxy groups -OCH3 is 1. The summed E-state index contributed by atoms with van der Waals surface area (Å²) in [4.78, 5) is 20.0. The predicted molar refractivity (Wildman–Crippen MR) is 140 cm³/mol. The number of fused-ring (bicyclic) bond motifs is 1. The fraction of sp³-hybridized carbons (Fsp3) is 0.517. The van der Waals surface area contributed by atoms with Crippen LogP contribution in [-0.2, 0) is 4.74 Å². The van der Waals surface area contributed by atoms with Crippen molar-refractivity contribution < 1.29 is 32.5 Å². The van der Waals surface area contributed by atoms with Gasteiger partial charge in [-0.15, -0.1) is 0 Å². The molecule has 8 nitrogen and oxygen atoms in total. The van der Waals surface area contributed by atoms with Crippen molar-refractivity contribution in [2.45, 2.75) is 57.2 Å². The molecule has 3 fully saturated rings. The number of halogens is 2. The standard InChI is InChI=1S/C29H33F2N3O5/c1-36-25-12-19(13-26(39-29(30)31)28(25)24(35)11-18-4-5-18)23-15-32-27-14-22(6-9-34(23)27)38-10-7-20-3-2-8-33(20)21-16-37-17-21/h6,9,12-15,18,20-21,29H,2-5,7-8,10-11,16-17H2,1H3. The second kappa shape index (κ2) is 11.1. The number of rotatable bonds is 12. The highest BCUT2D eigenvalue weighted by Crippen LogP contribution is 2.40.